The Kier molecular flexibility index (Phi) is 3.96. The summed E-state index contributed by atoms with van der Waals surface area (Å²) < 4.78 is 24.4. The number of sulfonamides is 1. The van der Waals surface area contributed by atoms with Crippen molar-refractivity contribution >= 4 is 21.5 Å². The predicted molar refractivity (Wildman–Crippen MR) is 76.4 cm³/mol. The van der Waals surface area contributed by atoms with Crippen LogP contribution in [-0.4, -0.2) is 43.1 Å². The average molecular weight is 284 g/mol. The fourth-order valence-corrected chi connectivity index (χ4v) is 3.08. The summed E-state index contributed by atoms with van der Waals surface area (Å²) in [5, 5.41) is 3.30. The van der Waals surface area contributed by atoms with E-state index in [1.807, 2.05) is 19.1 Å². The maximum atomic E-state index is 11.4. The van der Waals surface area contributed by atoms with Crippen molar-refractivity contribution in [3.05, 3.63) is 17.8 Å². The Hall–Kier alpha value is -1.34. The number of aryl methyl sites for hydroxylation is 1. The first-order valence-electron chi connectivity index (χ1n) is 6.31. The largest absolute Gasteiger partial charge is 0.396 e. The molecule has 2 heterocycles. The topological polar surface area (TPSA) is 88.3 Å². The van der Waals surface area contributed by atoms with E-state index in [0.29, 0.717) is 24.6 Å². The number of nitrogens with one attached hydrogen (secondary N) is 1. The van der Waals surface area contributed by atoms with Crippen LogP contribution in [0.3, 0.4) is 0 Å². The molecule has 1 fully saturated rings. The van der Waals surface area contributed by atoms with E-state index in [1.54, 1.807) is 0 Å². The molecule has 106 valence electrons. The minimum absolute atomic E-state index is 0.217. The van der Waals surface area contributed by atoms with Gasteiger partial charge in [-0.2, -0.15) is 0 Å². The van der Waals surface area contributed by atoms with Gasteiger partial charge in [-0.15, -0.1) is 0 Å². The van der Waals surface area contributed by atoms with Gasteiger partial charge in [-0.3, -0.25) is 0 Å². The molecule has 0 unspecified atom stereocenters. The van der Waals surface area contributed by atoms with Crippen molar-refractivity contribution in [2.45, 2.75) is 25.8 Å². The first-order valence-corrected chi connectivity index (χ1v) is 8.16. The Morgan fingerprint density at radius 3 is 2.58 bits per heavy atom. The van der Waals surface area contributed by atoms with Gasteiger partial charge in [-0.25, -0.2) is 17.7 Å². The molecule has 0 atom stereocenters. The van der Waals surface area contributed by atoms with Crippen molar-refractivity contribution < 1.29 is 8.42 Å². The standard InChI is InChI=1S/C12H20N4O2S/c1-9-3-4-11(13)12(14-9)15-10-5-7-16(8-6-10)19(2,17)18/h3-4,10H,5-8,13H2,1-2H3,(H,14,15). The highest BCUT2D eigenvalue weighted by atomic mass is 32.2. The van der Waals surface area contributed by atoms with Crippen molar-refractivity contribution in [2.24, 2.45) is 0 Å². The van der Waals surface area contributed by atoms with Gasteiger partial charge in [-0.05, 0) is 31.9 Å². The summed E-state index contributed by atoms with van der Waals surface area (Å²) in [7, 11) is -3.07. The lowest BCUT2D eigenvalue weighted by molar-refractivity contribution is 0.331. The third kappa shape index (κ3) is 3.57. The van der Waals surface area contributed by atoms with Crippen LogP contribution >= 0.6 is 0 Å². The maximum absolute atomic E-state index is 11.4. The zero-order valence-electron chi connectivity index (χ0n) is 11.3. The molecule has 0 aliphatic carbocycles. The van der Waals surface area contributed by atoms with Gasteiger partial charge in [0.15, 0.2) is 0 Å². The molecule has 1 saturated heterocycles. The van der Waals surface area contributed by atoms with Crippen LogP contribution in [0.4, 0.5) is 11.5 Å². The molecule has 2 rings (SSSR count). The van der Waals surface area contributed by atoms with Crippen molar-refractivity contribution in [2.75, 3.05) is 30.4 Å². The van der Waals surface area contributed by atoms with Crippen LogP contribution in [0.15, 0.2) is 12.1 Å². The molecule has 0 aromatic carbocycles. The van der Waals surface area contributed by atoms with Crippen LogP contribution in [0.25, 0.3) is 0 Å². The zero-order valence-corrected chi connectivity index (χ0v) is 12.1. The van der Waals surface area contributed by atoms with E-state index in [4.69, 9.17) is 5.73 Å². The fourth-order valence-electron chi connectivity index (χ4n) is 2.21. The molecule has 0 bridgehead atoms. The van der Waals surface area contributed by atoms with E-state index < -0.39 is 10.0 Å². The minimum atomic E-state index is -3.07. The number of aromatic nitrogens is 1. The van der Waals surface area contributed by atoms with Crippen LogP contribution in [0.1, 0.15) is 18.5 Å². The molecule has 0 spiro atoms. The number of piperidine rings is 1. The second-order valence-corrected chi connectivity index (χ2v) is 6.95. The molecule has 1 aliphatic heterocycles. The molecular weight excluding hydrogens is 264 g/mol. The Balaban J connectivity index is 1.98. The highest BCUT2D eigenvalue weighted by Gasteiger charge is 2.25. The molecule has 3 N–H and O–H groups in total. The summed E-state index contributed by atoms with van der Waals surface area (Å²) in [6, 6.07) is 3.91. The van der Waals surface area contributed by atoms with Gasteiger partial charge in [-0.1, -0.05) is 0 Å². The van der Waals surface area contributed by atoms with Crippen molar-refractivity contribution in [3.8, 4) is 0 Å². The molecule has 1 aromatic heterocycles. The van der Waals surface area contributed by atoms with Gasteiger partial charge in [0.05, 0.1) is 11.9 Å². The molecule has 7 heteroatoms. The van der Waals surface area contributed by atoms with E-state index >= 15 is 0 Å². The normalized spacial score (nSPS) is 18.4. The minimum Gasteiger partial charge on any atom is -0.396 e. The molecule has 1 aromatic rings. The number of nitrogens with two attached hydrogens (primary N) is 1. The van der Waals surface area contributed by atoms with E-state index in [1.165, 1.54) is 10.6 Å². The molecule has 6 nitrogen and oxygen atoms in total. The summed E-state index contributed by atoms with van der Waals surface area (Å²) in [6.45, 7) is 3.00. The van der Waals surface area contributed by atoms with Gasteiger partial charge in [0.2, 0.25) is 10.0 Å². The number of rotatable bonds is 3. The molecule has 0 radical (unpaired) electrons. The Morgan fingerprint density at radius 2 is 2.00 bits per heavy atom. The number of anilines is 2. The van der Waals surface area contributed by atoms with Gasteiger partial charge in [0.1, 0.15) is 5.82 Å². The molecule has 19 heavy (non-hydrogen) atoms. The van der Waals surface area contributed by atoms with Crippen LogP contribution in [0.2, 0.25) is 0 Å². The first kappa shape index (κ1) is 14.1. The van der Waals surface area contributed by atoms with Crippen molar-refractivity contribution in [1.82, 2.24) is 9.29 Å². The van der Waals surface area contributed by atoms with Crippen molar-refractivity contribution in [3.63, 3.8) is 0 Å². The smallest absolute Gasteiger partial charge is 0.211 e. The van der Waals surface area contributed by atoms with Crippen LogP contribution in [0, 0.1) is 6.92 Å². The molecule has 0 saturated carbocycles. The van der Waals surface area contributed by atoms with E-state index in [-0.39, 0.29) is 6.04 Å². The Morgan fingerprint density at radius 1 is 1.37 bits per heavy atom. The zero-order chi connectivity index (χ0) is 14.0. The summed E-state index contributed by atoms with van der Waals surface area (Å²) in [5.74, 6) is 0.692. The Bertz CT molecular complexity index is 551. The van der Waals surface area contributed by atoms with Crippen LogP contribution < -0.4 is 11.1 Å². The Labute approximate surface area is 114 Å². The predicted octanol–water partition coefficient (Wildman–Crippen LogP) is 0.808. The van der Waals surface area contributed by atoms with Crippen LogP contribution in [-0.2, 0) is 10.0 Å². The van der Waals surface area contributed by atoms with Gasteiger partial charge < -0.3 is 11.1 Å². The third-order valence-electron chi connectivity index (χ3n) is 3.33. The number of nitrogens with zero attached hydrogens (tertiary/aromatic N) is 2. The maximum Gasteiger partial charge on any atom is 0.211 e. The SMILES string of the molecule is Cc1ccc(N)c(NC2CCN(S(C)(=O)=O)CC2)n1. The number of nitrogen functional groups attached to an aromatic ring is 1. The number of pyridine rings is 1. The summed E-state index contributed by atoms with van der Waals surface area (Å²) >= 11 is 0. The highest BCUT2D eigenvalue weighted by Crippen LogP contribution is 2.21. The third-order valence-corrected chi connectivity index (χ3v) is 4.63. The number of hydrogen-bond acceptors (Lipinski definition) is 5. The van der Waals surface area contributed by atoms with Gasteiger partial charge in [0, 0.05) is 24.8 Å². The van der Waals surface area contributed by atoms with E-state index in [9.17, 15) is 8.42 Å². The second-order valence-electron chi connectivity index (χ2n) is 4.97. The highest BCUT2D eigenvalue weighted by molar-refractivity contribution is 7.88. The van der Waals surface area contributed by atoms with E-state index in [2.05, 4.69) is 10.3 Å². The second kappa shape index (κ2) is 5.34. The lowest BCUT2D eigenvalue weighted by Crippen LogP contribution is -2.42. The fraction of sp³-hybridized carbons (Fsp3) is 0.583. The lowest BCUT2D eigenvalue weighted by atomic mass is 10.1. The monoisotopic (exact) mass is 284 g/mol. The summed E-state index contributed by atoms with van der Waals surface area (Å²) in [4.78, 5) is 4.37. The van der Waals surface area contributed by atoms with E-state index in [0.717, 1.165) is 18.5 Å². The number of hydrogen-bond donors (Lipinski definition) is 2. The molecule has 0 amide bonds. The summed E-state index contributed by atoms with van der Waals surface area (Å²) in [5.41, 5.74) is 7.40. The van der Waals surface area contributed by atoms with Gasteiger partial charge in [0.25, 0.3) is 0 Å². The van der Waals surface area contributed by atoms with Crippen LogP contribution in [0.5, 0.6) is 0 Å². The van der Waals surface area contributed by atoms with Crippen molar-refractivity contribution in [1.29, 1.82) is 0 Å². The lowest BCUT2D eigenvalue weighted by Gasteiger charge is -2.31. The summed E-state index contributed by atoms with van der Waals surface area (Å²) in [6.07, 6.45) is 2.78. The molecular formula is C12H20N4O2S. The van der Waals surface area contributed by atoms with Gasteiger partial charge >= 0.3 is 0 Å². The quantitative estimate of drug-likeness (QED) is 0.857. The average Bonchev–Trinajstić information content (AvgIpc) is 2.33. The molecule has 1 aliphatic rings. The first-order chi connectivity index (χ1) is 8.86.